The van der Waals surface area contributed by atoms with Crippen LogP contribution in [0.4, 0.5) is 5.69 Å². The minimum Gasteiger partial charge on any atom is -0.379 e. The molecule has 2 aromatic carbocycles. The average molecular weight is 394 g/mol. The van der Waals surface area contributed by atoms with Crippen molar-refractivity contribution in [3.05, 3.63) is 64.2 Å². The lowest BCUT2D eigenvalue weighted by atomic mass is 10.00. The van der Waals surface area contributed by atoms with Crippen LogP contribution in [-0.4, -0.2) is 57.2 Å². The molecular weight excluding hydrogens is 362 g/mol. The topological polar surface area (TPSA) is 44.8 Å². The number of nitrogens with one attached hydrogen (secondary N) is 1. The molecule has 0 saturated carbocycles. The molecule has 0 radical (unpaired) electrons. The average Bonchev–Trinajstić information content (AvgIpc) is 3.11. The highest BCUT2D eigenvalue weighted by atomic mass is 16.5. The van der Waals surface area contributed by atoms with Crippen molar-refractivity contribution in [2.45, 2.75) is 26.3 Å². The number of rotatable bonds is 5. The van der Waals surface area contributed by atoms with Gasteiger partial charge in [-0.3, -0.25) is 9.69 Å². The first kappa shape index (κ1) is 19.9. The Labute approximate surface area is 173 Å². The van der Waals surface area contributed by atoms with Gasteiger partial charge in [-0.2, -0.15) is 0 Å². The van der Waals surface area contributed by atoms with Crippen molar-refractivity contribution in [3.63, 3.8) is 0 Å². The van der Waals surface area contributed by atoms with Crippen molar-refractivity contribution in [2.24, 2.45) is 0 Å². The molecule has 1 N–H and O–H groups in total. The SMILES string of the molecule is Cc1ccc(C(=O)NC[C@@H](c2ccc3c(c2)CCN3C)N2CCOCC2)cc1C. The van der Waals surface area contributed by atoms with Gasteiger partial charge in [-0.05, 0) is 60.7 Å². The Morgan fingerprint density at radius 1 is 1.07 bits per heavy atom. The Hall–Kier alpha value is -2.37. The van der Waals surface area contributed by atoms with Gasteiger partial charge in [-0.1, -0.05) is 18.2 Å². The van der Waals surface area contributed by atoms with Crippen molar-refractivity contribution in [1.29, 1.82) is 0 Å². The van der Waals surface area contributed by atoms with E-state index < -0.39 is 0 Å². The number of hydrogen-bond acceptors (Lipinski definition) is 4. The summed E-state index contributed by atoms with van der Waals surface area (Å²) in [5, 5.41) is 3.19. The van der Waals surface area contributed by atoms with Gasteiger partial charge >= 0.3 is 0 Å². The van der Waals surface area contributed by atoms with Crippen molar-refractivity contribution in [3.8, 4) is 0 Å². The summed E-state index contributed by atoms with van der Waals surface area (Å²) in [4.78, 5) is 17.5. The highest BCUT2D eigenvalue weighted by Gasteiger charge is 2.25. The molecule has 1 saturated heterocycles. The number of carbonyl (C=O) groups is 1. The fourth-order valence-corrected chi connectivity index (χ4v) is 4.31. The maximum absolute atomic E-state index is 12.8. The van der Waals surface area contributed by atoms with Crippen LogP contribution >= 0.6 is 0 Å². The minimum atomic E-state index is -0.00717. The lowest BCUT2D eigenvalue weighted by Gasteiger charge is -2.35. The number of hydrogen-bond donors (Lipinski definition) is 1. The Kier molecular flexibility index (Phi) is 5.88. The van der Waals surface area contributed by atoms with Crippen molar-refractivity contribution in [1.82, 2.24) is 10.2 Å². The van der Waals surface area contributed by atoms with Crippen molar-refractivity contribution < 1.29 is 9.53 Å². The summed E-state index contributed by atoms with van der Waals surface area (Å²) in [6.45, 7) is 9.05. The second-order valence-electron chi connectivity index (χ2n) is 8.23. The number of aryl methyl sites for hydroxylation is 2. The number of benzene rings is 2. The van der Waals surface area contributed by atoms with Gasteiger partial charge in [0.25, 0.3) is 5.91 Å². The van der Waals surface area contributed by atoms with Gasteiger partial charge in [-0.25, -0.2) is 0 Å². The fraction of sp³-hybridized carbons (Fsp3) is 0.458. The Morgan fingerprint density at radius 2 is 1.86 bits per heavy atom. The largest absolute Gasteiger partial charge is 0.379 e. The molecule has 0 spiro atoms. The van der Waals surface area contributed by atoms with E-state index in [1.165, 1.54) is 22.4 Å². The molecule has 1 atom stereocenters. The van der Waals surface area contributed by atoms with Crippen LogP contribution in [0.5, 0.6) is 0 Å². The molecule has 29 heavy (non-hydrogen) atoms. The van der Waals surface area contributed by atoms with E-state index in [2.05, 4.69) is 47.3 Å². The molecule has 0 aliphatic carbocycles. The predicted octanol–water partition coefficient (Wildman–Crippen LogP) is 3.10. The first-order valence-electron chi connectivity index (χ1n) is 10.5. The molecule has 0 bridgehead atoms. The first-order chi connectivity index (χ1) is 14.0. The summed E-state index contributed by atoms with van der Waals surface area (Å²) in [6, 6.07) is 12.8. The van der Waals surface area contributed by atoms with Gasteiger partial charge in [0.2, 0.25) is 0 Å². The molecule has 154 valence electrons. The standard InChI is InChI=1S/C24H31N3O2/c1-17-4-5-21(14-18(17)2)24(28)25-16-23(27-10-12-29-13-11-27)19-6-7-22-20(15-19)8-9-26(22)3/h4-7,14-15,23H,8-13,16H2,1-3H3,(H,25,28)/t23-/m0/s1. The summed E-state index contributed by atoms with van der Waals surface area (Å²) in [5.41, 5.74) is 7.09. The third kappa shape index (κ3) is 4.31. The smallest absolute Gasteiger partial charge is 0.251 e. The summed E-state index contributed by atoms with van der Waals surface area (Å²) in [6.07, 6.45) is 1.09. The summed E-state index contributed by atoms with van der Waals surface area (Å²) in [5.74, 6) is -0.00717. The molecule has 1 amide bonds. The second kappa shape index (κ2) is 8.56. The molecule has 0 aromatic heterocycles. The summed E-state index contributed by atoms with van der Waals surface area (Å²) >= 11 is 0. The van der Waals surface area contributed by atoms with Gasteiger partial charge in [-0.15, -0.1) is 0 Å². The van der Waals surface area contributed by atoms with E-state index >= 15 is 0 Å². The monoisotopic (exact) mass is 393 g/mol. The van der Waals surface area contributed by atoms with Crippen LogP contribution in [-0.2, 0) is 11.2 Å². The van der Waals surface area contributed by atoms with E-state index in [0.717, 1.165) is 50.4 Å². The molecule has 5 nitrogen and oxygen atoms in total. The van der Waals surface area contributed by atoms with Gasteiger partial charge in [0.05, 0.1) is 19.3 Å². The van der Waals surface area contributed by atoms with Crippen LogP contribution in [0.3, 0.4) is 0 Å². The van der Waals surface area contributed by atoms with Gasteiger partial charge in [0.1, 0.15) is 0 Å². The molecule has 4 rings (SSSR count). The quantitative estimate of drug-likeness (QED) is 0.848. The minimum absolute atomic E-state index is 0.00717. The zero-order chi connectivity index (χ0) is 20.4. The van der Waals surface area contributed by atoms with E-state index in [0.29, 0.717) is 6.54 Å². The maximum atomic E-state index is 12.8. The Bertz CT molecular complexity index is 890. The molecule has 2 aliphatic heterocycles. The fourth-order valence-electron chi connectivity index (χ4n) is 4.31. The van der Waals surface area contributed by atoms with Gasteiger partial charge in [0.15, 0.2) is 0 Å². The number of amides is 1. The zero-order valence-electron chi connectivity index (χ0n) is 17.7. The van der Waals surface area contributed by atoms with Crippen LogP contribution in [0.2, 0.25) is 0 Å². The number of fused-ring (bicyclic) bond motifs is 1. The number of anilines is 1. The lowest BCUT2D eigenvalue weighted by molar-refractivity contribution is 0.0162. The number of nitrogens with zero attached hydrogens (tertiary/aromatic N) is 2. The van der Waals surface area contributed by atoms with Crippen LogP contribution in [0.25, 0.3) is 0 Å². The van der Waals surface area contributed by atoms with Crippen molar-refractivity contribution in [2.75, 3.05) is 51.3 Å². The van der Waals surface area contributed by atoms with E-state index in [4.69, 9.17) is 4.74 Å². The van der Waals surface area contributed by atoms with E-state index in [1.807, 2.05) is 25.1 Å². The Balaban J connectivity index is 1.53. The van der Waals surface area contributed by atoms with Crippen LogP contribution in [0, 0.1) is 13.8 Å². The van der Waals surface area contributed by atoms with Crippen LogP contribution in [0.15, 0.2) is 36.4 Å². The lowest BCUT2D eigenvalue weighted by Crippen LogP contribution is -2.43. The van der Waals surface area contributed by atoms with Gasteiger partial charge in [0, 0.05) is 44.5 Å². The highest BCUT2D eigenvalue weighted by Crippen LogP contribution is 2.31. The molecule has 2 aliphatic rings. The summed E-state index contributed by atoms with van der Waals surface area (Å²) in [7, 11) is 2.15. The first-order valence-corrected chi connectivity index (χ1v) is 10.5. The molecule has 2 heterocycles. The van der Waals surface area contributed by atoms with E-state index in [1.54, 1.807) is 0 Å². The second-order valence-corrected chi connectivity index (χ2v) is 8.23. The van der Waals surface area contributed by atoms with E-state index in [9.17, 15) is 4.79 Å². The van der Waals surface area contributed by atoms with Gasteiger partial charge < -0.3 is 15.0 Å². The third-order valence-corrected chi connectivity index (χ3v) is 6.33. The Morgan fingerprint density at radius 3 is 2.62 bits per heavy atom. The van der Waals surface area contributed by atoms with Crippen LogP contribution < -0.4 is 10.2 Å². The maximum Gasteiger partial charge on any atom is 0.251 e. The van der Waals surface area contributed by atoms with Crippen molar-refractivity contribution >= 4 is 11.6 Å². The van der Waals surface area contributed by atoms with Crippen LogP contribution in [0.1, 0.15) is 38.7 Å². The predicted molar refractivity (Wildman–Crippen MR) is 117 cm³/mol. The summed E-state index contributed by atoms with van der Waals surface area (Å²) < 4.78 is 5.56. The third-order valence-electron chi connectivity index (χ3n) is 6.33. The molecule has 0 unspecified atom stereocenters. The molecule has 1 fully saturated rings. The molecule has 2 aromatic rings. The normalized spacial score (nSPS) is 17.8. The number of morpholine rings is 1. The van der Waals surface area contributed by atoms with E-state index in [-0.39, 0.29) is 11.9 Å². The highest BCUT2D eigenvalue weighted by molar-refractivity contribution is 5.94. The number of ether oxygens (including phenoxy) is 1. The molecular formula is C24H31N3O2. The number of likely N-dealkylation sites (N-methyl/N-ethyl adjacent to an activating group) is 1. The number of carbonyl (C=O) groups excluding carboxylic acids is 1. The molecule has 5 heteroatoms. The zero-order valence-corrected chi connectivity index (χ0v) is 17.7.